The number of aromatic amines is 1. The first-order chi connectivity index (χ1) is 18.4. The molecular weight excluding hydrogens is 494 g/mol. The number of H-pyrrole nitrogens is 1. The highest BCUT2D eigenvalue weighted by molar-refractivity contribution is 7.88. The number of hydrogen-bond acceptors (Lipinski definition) is 5. The molecule has 38 heavy (non-hydrogen) atoms. The average Bonchev–Trinajstić information content (AvgIpc) is 3.41. The van der Waals surface area contributed by atoms with Crippen LogP contribution in [0, 0.1) is 25.2 Å². The number of nitrogens with one attached hydrogen (secondary N) is 2. The Kier molecular flexibility index (Phi) is 7.32. The molecule has 1 fully saturated rings. The molecule has 0 unspecified atom stereocenters. The highest BCUT2D eigenvalue weighted by Crippen LogP contribution is 2.32. The van der Waals surface area contributed by atoms with Crippen LogP contribution in [0.15, 0.2) is 54.9 Å². The van der Waals surface area contributed by atoms with Crippen molar-refractivity contribution >= 4 is 44.5 Å². The maximum atomic E-state index is 12.8. The van der Waals surface area contributed by atoms with Gasteiger partial charge in [0.1, 0.15) is 6.07 Å². The number of rotatable bonds is 7. The third kappa shape index (κ3) is 5.35. The molecule has 0 saturated carbocycles. The van der Waals surface area contributed by atoms with Gasteiger partial charge in [0.25, 0.3) is 0 Å². The number of sulfonamides is 1. The second kappa shape index (κ2) is 10.8. The molecule has 0 atom stereocenters. The van der Waals surface area contributed by atoms with E-state index in [0.717, 1.165) is 63.8 Å². The minimum Gasteiger partial charge on any atom is -0.361 e. The maximum absolute atomic E-state index is 12.8. The van der Waals surface area contributed by atoms with Gasteiger partial charge in [-0.15, -0.1) is 0 Å². The molecule has 7 nitrogen and oxygen atoms in total. The van der Waals surface area contributed by atoms with Crippen molar-refractivity contribution in [3.8, 4) is 6.07 Å². The van der Waals surface area contributed by atoms with E-state index in [1.54, 1.807) is 10.5 Å². The minimum absolute atomic E-state index is 0.0170. The van der Waals surface area contributed by atoms with E-state index in [1.165, 1.54) is 0 Å². The first-order valence-corrected chi connectivity index (χ1v) is 14.4. The Labute approximate surface area is 223 Å². The van der Waals surface area contributed by atoms with Crippen molar-refractivity contribution in [2.24, 2.45) is 0 Å². The van der Waals surface area contributed by atoms with Gasteiger partial charge < -0.3 is 10.3 Å². The van der Waals surface area contributed by atoms with Gasteiger partial charge in [0, 0.05) is 53.3 Å². The first kappa shape index (κ1) is 25.7. The lowest BCUT2D eigenvalue weighted by Crippen LogP contribution is -2.36. The Bertz CT molecular complexity index is 1640. The number of nitriles is 1. The summed E-state index contributed by atoms with van der Waals surface area (Å²) in [4.78, 5) is 7.67. The van der Waals surface area contributed by atoms with Crippen LogP contribution in [-0.2, 0) is 15.8 Å². The van der Waals surface area contributed by atoms with Crippen LogP contribution in [-0.4, -0.2) is 35.8 Å². The Morgan fingerprint density at radius 2 is 1.82 bits per heavy atom. The quantitative estimate of drug-likeness (QED) is 0.296. The number of fused-ring (bicyclic) bond motifs is 1. The third-order valence-corrected chi connectivity index (χ3v) is 9.03. The molecule has 3 heterocycles. The Hall–Kier alpha value is -3.93. The predicted octanol–water partition coefficient (Wildman–Crippen LogP) is 6.28. The van der Waals surface area contributed by atoms with Crippen molar-refractivity contribution in [2.75, 3.05) is 18.4 Å². The number of anilines is 2. The number of benzene rings is 2. The van der Waals surface area contributed by atoms with Gasteiger partial charge in [0.2, 0.25) is 10.0 Å². The lowest BCUT2D eigenvalue weighted by Gasteiger charge is -2.25. The zero-order valence-corrected chi connectivity index (χ0v) is 22.5. The summed E-state index contributed by atoms with van der Waals surface area (Å²) in [6.45, 7) is 5.21. The second-order valence-corrected chi connectivity index (χ2v) is 11.7. The summed E-state index contributed by atoms with van der Waals surface area (Å²) in [5.41, 5.74) is 7.58. The molecule has 2 aromatic heterocycles. The van der Waals surface area contributed by atoms with Crippen LogP contribution >= 0.6 is 0 Å². The van der Waals surface area contributed by atoms with Crippen LogP contribution < -0.4 is 5.32 Å². The summed E-state index contributed by atoms with van der Waals surface area (Å²) in [5, 5.41) is 14.4. The molecule has 0 spiro atoms. The van der Waals surface area contributed by atoms with Crippen molar-refractivity contribution < 1.29 is 8.42 Å². The largest absolute Gasteiger partial charge is 0.361 e. The summed E-state index contributed by atoms with van der Waals surface area (Å²) in [7, 11) is -3.30. The van der Waals surface area contributed by atoms with Gasteiger partial charge in [0.05, 0.1) is 17.0 Å². The molecule has 5 rings (SSSR count). The number of hydrogen-bond donors (Lipinski definition) is 2. The third-order valence-electron chi connectivity index (χ3n) is 7.18. The van der Waals surface area contributed by atoms with E-state index in [9.17, 15) is 13.7 Å². The fraction of sp³-hybridized carbons (Fsp3) is 0.267. The monoisotopic (exact) mass is 525 g/mol. The summed E-state index contributed by atoms with van der Waals surface area (Å²) in [6, 6.07) is 15.9. The SMILES string of the molecule is Cc1ncc(C#N)c(Nc2ccc3[nH]ccc3c2C)c1/C=C/c1ccc(CS(=O)(=O)N2CCCCC2)cc1. The molecule has 4 aromatic rings. The fourth-order valence-electron chi connectivity index (χ4n) is 4.95. The number of nitrogens with zero attached hydrogens (tertiary/aromatic N) is 3. The van der Waals surface area contributed by atoms with Crippen LogP contribution in [0.25, 0.3) is 23.1 Å². The Morgan fingerprint density at radius 3 is 2.55 bits per heavy atom. The molecule has 194 valence electrons. The highest BCUT2D eigenvalue weighted by atomic mass is 32.2. The number of aryl methyl sites for hydroxylation is 2. The molecule has 1 saturated heterocycles. The first-order valence-electron chi connectivity index (χ1n) is 12.8. The molecule has 0 bridgehead atoms. The van der Waals surface area contributed by atoms with Gasteiger partial charge >= 0.3 is 0 Å². The van der Waals surface area contributed by atoms with Gasteiger partial charge in [-0.25, -0.2) is 12.7 Å². The van der Waals surface area contributed by atoms with E-state index in [0.29, 0.717) is 24.3 Å². The summed E-state index contributed by atoms with van der Waals surface area (Å²) in [5.74, 6) is 0.0170. The normalized spacial score (nSPS) is 14.7. The predicted molar refractivity (Wildman–Crippen MR) is 153 cm³/mol. The minimum atomic E-state index is -3.30. The lowest BCUT2D eigenvalue weighted by molar-refractivity contribution is 0.346. The van der Waals surface area contributed by atoms with E-state index >= 15 is 0 Å². The van der Waals surface area contributed by atoms with Crippen molar-refractivity contribution in [3.63, 3.8) is 0 Å². The van der Waals surface area contributed by atoms with Crippen molar-refractivity contribution in [3.05, 3.63) is 88.4 Å². The van der Waals surface area contributed by atoms with E-state index in [2.05, 4.69) is 28.3 Å². The number of pyridine rings is 1. The molecule has 8 heteroatoms. The molecule has 1 aliphatic heterocycles. The van der Waals surface area contributed by atoms with Crippen LogP contribution in [0.2, 0.25) is 0 Å². The average molecular weight is 526 g/mol. The summed E-state index contributed by atoms with van der Waals surface area (Å²) >= 11 is 0. The van der Waals surface area contributed by atoms with Crippen LogP contribution in [0.1, 0.15) is 52.8 Å². The molecule has 2 aromatic carbocycles. The summed E-state index contributed by atoms with van der Waals surface area (Å²) < 4.78 is 27.2. The zero-order chi connectivity index (χ0) is 26.7. The van der Waals surface area contributed by atoms with Crippen molar-refractivity contribution in [1.29, 1.82) is 5.26 Å². The van der Waals surface area contributed by atoms with E-state index in [-0.39, 0.29) is 5.75 Å². The topological polar surface area (TPSA) is 102 Å². The Morgan fingerprint density at radius 1 is 1.05 bits per heavy atom. The van der Waals surface area contributed by atoms with Crippen molar-refractivity contribution in [2.45, 2.75) is 38.9 Å². The van der Waals surface area contributed by atoms with Crippen LogP contribution in [0.5, 0.6) is 0 Å². The number of piperidine rings is 1. The van der Waals surface area contributed by atoms with Crippen LogP contribution in [0.4, 0.5) is 11.4 Å². The van der Waals surface area contributed by atoms with E-state index in [1.807, 2.05) is 67.7 Å². The smallest absolute Gasteiger partial charge is 0.218 e. The van der Waals surface area contributed by atoms with Gasteiger partial charge in [0.15, 0.2) is 0 Å². The lowest BCUT2D eigenvalue weighted by atomic mass is 10.0. The zero-order valence-electron chi connectivity index (χ0n) is 21.7. The maximum Gasteiger partial charge on any atom is 0.218 e. The van der Waals surface area contributed by atoms with Crippen molar-refractivity contribution in [1.82, 2.24) is 14.3 Å². The molecule has 1 aliphatic rings. The second-order valence-electron chi connectivity index (χ2n) is 9.75. The highest BCUT2D eigenvalue weighted by Gasteiger charge is 2.24. The molecule has 2 N–H and O–H groups in total. The fourth-order valence-corrected chi connectivity index (χ4v) is 6.56. The molecule has 0 aliphatic carbocycles. The molecule has 0 radical (unpaired) electrons. The summed E-state index contributed by atoms with van der Waals surface area (Å²) in [6.07, 6.45) is 10.4. The van der Waals surface area contributed by atoms with E-state index in [4.69, 9.17) is 0 Å². The molecule has 0 amide bonds. The van der Waals surface area contributed by atoms with E-state index < -0.39 is 10.0 Å². The molecular formula is C30H31N5O2S. The van der Waals surface area contributed by atoms with Gasteiger partial charge in [-0.3, -0.25) is 4.98 Å². The standard InChI is InChI=1S/C30H31N5O2S/c1-21-26-14-15-32-29(26)13-12-28(21)34-30-25(18-31)19-33-22(2)27(30)11-10-23-6-8-24(9-7-23)20-38(36,37)35-16-4-3-5-17-35/h6-15,19,32H,3-5,16-17,20H2,1-2H3,(H,33,34)/b11-10+. The van der Waals surface area contributed by atoms with Gasteiger partial charge in [-0.2, -0.15) is 5.26 Å². The van der Waals surface area contributed by atoms with Gasteiger partial charge in [-0.05, 0) is 61.6 Å². The van der Waals surface area contributed by atoms with Crippen LogP contribution in [0.3, 0.4) is 0 Å². The Balaban J connectivity index is 1.39. The number of aromatic nitrogens is 2. The van der Waals surface area contributed by atoms with Gasteiger partial charge in [-0.1, -0.05) is 42.8 Å².